The molecule has 0 atom stereocenters. The van der Waals surface area contributed by atoms with Crippen LogP contribution in [-0.2, 0) is 0 Å². The van der Waals surface area contributed by atoms with Crippen LogP contribution in [0, 0.1) is 0 Å². The summed E-state index contributed by atoms with van der Waals surface area (Å²) in [4.78, 5) is 10.8. The van der Waals surface area contributed by atoms with Crippen molar-refractivity contribution < 1.29 is 0 Å². The Hall–Kier alpha value is -6.93. The van der Waals surface area contributed by atoms with Crippen molar-refractivity contribution in [3.63, 3.8) is 0 Å². The molecule has 2 heterocycles. The highest BCUT2D eigenvalue weighted by molar-refractivity contribution is 7.19. The Morgan fingerprint density at radius 3 is 1.37 bits per heavy atom. The molecule has 0 N–H and O–H groups in total. The summed E-state index contributed by atoms with van der Waals surface area (Å²) in [5.74, 6) is 0.706. The van der Waals surface area contributed by atoms with Gasteiger partial charge in [-0.3, -0.25) is 0 Å². The van der Waals surface area contributed by atoms with Gasteiger partial charge in [0.2, 0.25) is 0 Å². The van der Waals surface area contributed by atoms with Crippen molar-refractivity contribution in [1.29, 1.82) is 0 Å². The van der Waals surface area contributed by atoms with Crippen molar-refractivity contribution in [2.45, 2.75) is 19.6 Å². The second-order valence-electron chi connectivity index (χ2n) is 16.6. The van der Waals surface area contributed by atoms with E-state index in [1.807, 2.05) is 0 Å². The van der Waals surface area contributed by atoms with Crippen molar-refractivity contribution in [2.75, 3.05) is 0 Å². The quantitative estimate of drug-likeness (QED) is 0.108. The molecule has 0 aliphatic heterocycles. The van der Waals surface area contributed by atoms with Gasteiger partial charge in [-0.05, 0) is 51.1 Å². The number of benzene rings is 8. The van der Waals surface area contributed by atoms with E-state index >= 15 is 0 Å². The van der Waals surface area contributed by atoms with Crippen LogP contribution in [0.25, 0.3) is 61.4 Å². The van der Waals surface area contributed by atoms with Gasteiger partial charge in [0.1, 0.15) is 0 Å². The molecule has 0 fully saturated rings. The number of fused-ring (bicyclic) bond motifs is 3. The van der Waals surface area contributed by atoms with Crippen molar-refractivity contribution in [3.05, 3.63) is 218 Å². The minimum atomic E-state index is -2.78. The molecule has 3 nitrogen and oxygen atoms in total. The maximum absolute atomic E-state index is 5.45. The molecule has 0 amide bonds. The zero-order valence-corrected chi connectivity index (χ0v) is 36.1. The lowest BCUT2D eigenvalue weighted by atomic mass is 10.1. The number of aromatic nitrogens is 3. The third-order valence-electron chi connectivity index (χ3n) is 11.9. The van der Waals surface area contributed by atoms with Crippen LogP contribution in [0.1, 0.15) is 0 Å². The molecule has 10 aromatic rings. The van der Waals surface area contributed by atoms with Crippen LogP contribution in [0.5, 0.6) is 0 Å². The zero-order valence-electron chi connectivity index (χ0n) is 34.1. The van der Waals surface area contributed by atoms with Crippen LogP contribution in [-0.4, -0.2) is 30.7 Å². The van der Waals surface area contributed by atoms with Gasteiger partial charge in [0.15, 0.2) is 13.9 Å². The standard InChI is InChI=1S/C55H45N3Si2/c1-59(2,3)44-35-33-40(34-36-44)51-39-52(41-19-17-21-43(37-41)58-53-31-15-13-29-49(53)50-30-14-16-32-54(50)58)57-55(56-51)42-20-18-28-48(38-42)60(45-22-7-4-8-23-45,46-24-9-5-10-25-46)47-26-11-6-12-27-47/h4-39H,1-3H3. The van der Waals surface area contributed by atoms with Crippen LogP contribution in [0.15, 0.2) is 218 Å². The van der Waals surface area contributed by atoms with Crippen LogP contribution < -0.4 is 25.9 Å². The molecular weight excluding hydrogens is 759 g/mol. The summed E-state index contributed by atoms with van der Waals surface area (Å²) in [6.07, 6.45) is 0. The molecule has 10 rings (SSSR count). The first kappa shape index (κ1) is 37.4. The molecule has 0 saturated carbocycles. The highest BCUT2D eigenvalue weighted by Gasteiger charge is 2.41. The Morgan fingerprint density at radius 1 is 0.350 bits per heavy atom. The largest absolute Gasteiger partial charge is 0.309 e. The van der Waals surface area contributed by atoms with E-state index < -0.39 is 16.1 Å². The van der Waals surface area contributed by atoms with E-state index in [0.29, 0.717) is 5.82 Å². The predicted octanol–water partition coefficient (Wildman–Crippen LogP) is 10.5. The van der Waals surface area contributed by atoms with Gasteiger partial charge in [0.25, 0.3) is 0 Å². The van der Waals surface area contributed by atoms with Gasteiger partial charge in [-0.1, -0.05) is 213 Å². The molecule has 0 spiro atoms. The summed E-state index contributed by atoms with van der Waals surface area (Å²) in [7, 11) is -4.28. The Bertz CT molecular complexity index is 2970. The van der Waals surface area contributed by atoms with Gasteiger partial charge in [-0.2, -0.15) is 0 Å². The molecular formula is C55H45N3Si2. The molecule has 0 radical (unpaired) electrons. The van der Waals surface area contributed by atoms with E-state index in [-0.39, 0.29) is 0 Å². The summed E-state index contributed by atoms with van der Waals surface area (Å²) in [5, 5.41) is 9.20. The number of rotatable bonds is 9. The molecule has 2 aromatic heterocycles. The van der Waals surface area contributed by atoms with Crippen LogP contribution in [0.4, 0.5) is 0 Å². The predicted molar refractivity (Wildman–Crippen MR) is 259 cm³/mol. The van der Waals surface area contributed by atoms with Crippen LogP contribution in [0.3, 0.4) is 0 Å². The van der Waals surface area contributed by atoms with Gasteiger partial charge < -0.3 is 4.57 Å². The van der Waals surface area contributed by atoms with E-state index in [9.17, 15) is 0 Å². The van der Waals surface area contributed by atoms with Gasteiger partial charge in [-0.15, -0.1) is 0 Å². The number of nitrogens with zero attached hydrogens (tertiary/aromatic N) is 3. The molecule has 5 heteroatoms. The maximum atomic E-state index is 5.45. The normalized spacial score (nSPS) is 11.9. The lowest BCUT2D eigenvalue weighted by Gasteiger charge is -2.34. The van der Waals surface area contributed by atoms with Crippen molar-refractivity contribution in [1.82, 2.24) is 14.5 Å². The molecule has 8 aromatic carbocycles. The topological polar surface area (TPSA) is 30.7 Å². The van der Waals surface area contributed by atoms with Crippen LogP contribution >= 0.6 is 0 Å². The second-order valence-corrected chi connectivity index (χ2v) is 25.5. The fraction of sp³-hybridized carbons (Fsp3) is 0.0545. The van der Waals surface area contributed by atoms with Gasteiger partial charge in [0.05, 0.1) is 30.5 Å². The van der Waals surface area contributed by atoms with Crippen LogP contribution in [0.2, 0.25) is 19.6 Å². The second kappa shape index (κ2) is 15.3. The highest BCUT2D eigenvalue weighted by atomic mass is 28.3. The monoisotopic (exact) mass is 803 g/mol. The highest BCUT2D eigenvalue weighted by Crippen LogP contribution is 2.34. The van der Waals surface area contributed by atoms with E-state index in [0.717, 1.165) is 33.8 Å². The molecule has 288 valence electrons. The fourth-order valence-electron chi connectivity index (χ4n) is 8.97. The first-order valence-electron chi connectivity index (χ1n) is 20.7. The van der Waals surface area contributed by atoms with E-state index in [2.05, 4.69) is 243 Å². The Morgan fingerprint density at radius 2 is 0.817 bits per heavy atom. The summed E-state index contributed by atoms with van der Waals surface area (Å²) in [5.41, 5.74) is 8.36. The third-order valence-corrected chi connectivity index (χ3v) is 18.8. The molecule has 0 aliphatic carbocycles. The zero-order chi connectivity index (χ0) is 40.7. The fourth-order valence-corrected chi connectivity index (χ4v) is 14.9. The SMILES string of the molecule is C[Si](C)(C)c1ccc(-c2cc(-c3cccc(-n4c5ccccc5c5ccccc54)c3)nc(-c3cccc([Si](c4ccccc4)(c4ccccc4)c4ccccc4)c3)n2)cc1. The van der Waals surface area contributed by atoms with Gasteiger partial charge in [-0.25, -0.2) is 9.97 Å². The van der Waals surface area contributed by atoms with E-state index in [4.69, 9.17) is 9.97 Å². The smallest absolute Gasteiger partial charge is 0.179 e. The molecule has 60 heavy (non-hydrogen) atoms. The number of hydrogen-bond donors (Lipinski definition) is 0. The minimum absolute atomic E-state index is 0.706. The lowest BCUT2D eigenvalue weighted by Crippen LogP contribution is -2.74. The number of para-hydroxylation sites is 2. The Balaban J connectivity index is 1.18. The van der Waals surface area contributed by atoms with E-state index in [1.54, 1.807) is 0 Å². The molecule has 0 aliphatic rings. The van der Waals surface area contributed by atoms with Crippen molar-refractivity contribution >= 4 is 63.9 Å². The lowest BCUT2D eigenvalue weighted by molar-refractivity contribution is 1.16. The number of hydrogen-bond acceptors (Lipinski definition) is 2. The average Bonchev–Trinajstić information content (AvgIpc) is 3.65. The maximum Gasteiger partial charge on any atom is 0.179 e. The van der Waals surface area contributed by atoms with Crippen molar-refractivity contribution in [2.24, 2.45) is 0 Å². The Labute approximate surface area is 354 Å². The Kier molecular flexibility index (Phi) is 9.55. The van der Waals surface area contributed by atoms with Gasteiger partial charge >= 0.3 is 0 Å². The summed E-state index contributed by atoms with van der Waals surface area (Å²) >= 11 is 0. The first-order valence-corrected chi connectivity index (χ1v) is 26.2. The molecule has 0 unspecified atom stereocenters. The summed E-state index contributed by atoms with van der Waals surface area (Å²) in [6.45, 7) is 7.18. The average molecular weight is 804 g/mol. The summed E-state index contributed by atoms with van der Waals surface area (Å²) < 4.78 is 2.37. The third kappa shape index (κ3) is 6.62. The van der Waals surface area contributed by atoms with Gasteiger partial charge in [0, 0.05) is 33.2 Å². The van der Waals surface area contributed by atoms with E-state index in [1.165, 1.54) is 47.7 Å². The molecule has 0 bridgehead atoms. The van der Waals surface area contributed by atoms with Crippen molar-refractivity contribution in [3.8, 4) is 39.6 Å². The summed E-state index contributed by atoms with van der Waals surface area (Å²) in [6, 6.07) is 79.7. The first-order chi connectivity index (χ1) is 29.4. The molecule has 0 saturated heterocycles. The minimum Gasteiger partial charge on any atom is -0.309 e.